The average Bonchev–Trinajstić information content (AvgIpc) is 3.29. The highest BCUT2D eigenvalue weighted by atomic mass is 35.6. The van der Waals surface area contributed by atoms with E-state index in [-0.39, 0.29) is 32.8 Å². The van der Waals surface area contributed by atoms with Crippen LogP contribution < -0.4 is 5.32 Å². The number of benzene rings is 3. The van der Waals surface area contributed by atoms with Crippen molar-refractivity contribution < 1.29 is 51.4 Å². The molecule has 3 aromatic rings. The second-order valence-electron chi connectivity index (χ2n) is 15.6. The molecule has 1 aliphatic rings. The Morgan fingerprint density at radius 3 is 1.65 bits per heavy atom. The van der Waals surface area contributed by atoms with E-state index in [1.165, 1.54) is 38.5 Å². The lowest BCUT2D eigenvalue weighted by Gasteiger charge is -2.45. The molecule has 0 saturated carbocycles. The van der Waals surface area contributed by atoms with E-state index in [1.54, 1.807) is 48.5 Å². The molecule has 0 aliphatic carbocycles. The van der Waals surface area contributed by atoms with Crippen molar-refractivity contribution in [3.8, 4) is 0 Å². The van der Waals surface area contributed by atoms with E-state index < -0.39 is 70.6 Å². The number of alkyl carbamates (subject to hydrolysis) is 1. The summed E-state index contributed by atoms with van der Waals surface area (Å²) in [5.41, 5.74) is 2.07. The number of nitrogens with one attached hydrogen (secondary N) is 2. The maximum Gasteiger partial charge on any atom is 0.475 e. The number of alkyl halides is 6. The number of halogens is 6. The highest BCUT2D eigenvalue weighted by Gasteiger charge is 2.55. The first-order valence-electron chi connectivity index (χ1n) is 22.0. The third-order valence-corrected chi connectivity index (χ3v) is 12.4. The van der Waals surface area contributed by atoms with Gasteiger partial charge in [-0.2, -0.15) is 0 Å². The molecule has 1 heterocycles. The SMILES string of the molecule is CCCCCCCCCCCCCC(=O)O[C@@H]1[C@@H](NC(=O)OCC(Cl)(Cl)Cl)[C@@H](OC(=N)C(Cl)(Cl)Cl)O[C@H](COCc2ccccc2)[C@H]1OP(=O)(OCc1ccccc1)OCc1ccccc1. The summed E-state index contributed by atoms with van der Waals surface area (Å²) in [5.74, 6) is -1.63. The van der Waals surface area contributed by atoms with Crippen LogP contribution in [0.2, 0.25) is 0 Å². The van der Waals surface area contributed by atoms with Crippen molar-refractivity contribution in [1.82, 2.24) is 5.32 Å². The van der Waals surface area contributed by atoms with Gasteiger partial charge in [-0.25, -0.2) is 9.36 Å². The van der Waals surface area contributed by atoms with E-state index in [9.17, 15) is 9.59 Å². The first-order valence-corrected chi connectivity index (χ1v) is 25.7. The summed E-state index contributed by atoms with van der Waals surface area (Å²) in [7, 11) is -4.71. The third kappa shape index (κ3) is 21.9. The van der Waals surface area contributed by atoms with Gasteiger partial charge in [-0.15, -0.1) is 0 Å². The number of carbonyl (C=O) groups excluding carboxylic acids is 2. The van der Waals surface area contributed by atoms with E-state index in [1.807, 2.05) is 42.5 Å². The smallest absolute Gasteiger partial charge is 0.457 e. The molecule has 0 radical (unpaired) electrons. The average molecular weight is 1060 g/mol. The molecule has 4 rings (SSSR count). The number of phosphoric acid groups is 1. The fraction of sp³-hybridized carbons (Fsp3) is 0.543. The van der Waals surface area contributed by atoms with Crippen LogP contribution in [0, 0.1) is 5.41 Å². The van der Waals surface area contributed by atoms with Crippen molar-refractivity contribution in [2.45, 2.75) is 142 Å². The summed E-state index contributed by atoms with van der Waals surface area (Å²) in [6, 6.07) is 25.3. The van der Waals surface area contributed by atoms with Gasteiger partial charge in [-0.05, 0) is 23.1 Å². The summed E-state index contributed by atoms with van der Waals surface area (Å²) in [6.45, 7) is 0.790. The molecule has 20 heteroatoms. The number of amides is 1. The lowest BCUT2D eigenvalue weighted by molar-refractivity contribution is -0.254. The minimum Gasteiger partial charge on any atom is -0.457 e. The summed E-state index contributed by atoms with van der Waals surface area (Å²) in [6.07, 6.45) is 3.98. The van der Waals surface area contributed by atoms with Gasteiger partial charge in [0.15, 0.2) is 6.10 Å². The van der Waals surface area contributed by atoms with Crippen molar-refractivity contribution in [2.24, 2.45) is 0 Å². The van der Waals surface area contributed by atoms with Crippen LogP contribution in [0.1, 0.15) is 101 Å². The number of rotatable bonds is 28. The zero-order valence-electron chi connectivity index (χ0n) is 36.8. The molecule has 366 valence electrons. The molecule has 1 amide bonds. The molecule has 0 bridgehead atoms. The van der Waals surface area contributed by atoms with E-state index in [0.29, 0.717) is 17.5 Å². The normalized spacial score (nSPS) is 18.9. The van der Waals surface area contributed by atoms with Crippen molar-refractivity contribution in [3.05, 3.63) is 108 Å². The standard InChI is InChI=1S/C46H59Cl6N2O11P/c1-2-3-4-5-6-7-8-9-10-11-21-28-38(55)63-41-39(54-44(56)59-33-45(47,48)49)42(64-43(53)46(50,51)52)62-37(32-58-29-34-22-15-12-16-23-34)40(41)65-66(57,60-30-35-24-17-13-18-25-35)61-31-36-26-19-14-20-27-36/h12-20,22-27,37,39-42,53H,2-11,21,28-33H2,1H3,(H,54,56)/t37-,39-,40-,41-,42-/m1/s1. The number of hydrogen-bond donors (Lipinski definition) is 2. The molecule has 66 heavy (non-hydrogen) atoms. The minimum absolute atomic E-state index is 0.0388. The zero-order valence-corrected chi connectivity index (χ0v) is 42.2. The summed E-state index contributed by atoms with van der Waals surface area (Å²) in [4.78, 5) is 27.4. The molecule has 13 nitrogen and oxygen atoms in total. The quantitative estimate of drug-likeness (QED) is 0.0178. The van der Waals surface area contributed by atoms with Crippen molar-refractivity contribution in [1.29, 1.82) is 5.41 Å². The second kappa shape index (κ2) is 29.6. The molecular formula is C46H59Cl6N2O11P. The van der Waals surface area contributed by atoms with Gasteiger partial charge in [0.05, 0.1) is 26.4 Å². The Labute approximate surface area is 418 Å². The predicted molar refractivity (Wildman–Crippen MR) is 258 cm³/mol. The molecule has 1 saturated heterocycles. The van der Waals surface area contributed by atoms with Crippen LogP contribution in [0.3, 0.4) is 0 Å². The number of carbonyl (C=O) groups is 2. The number of esters is 1. The minimum atomic E-state index is -4.71. The molecule has 0 unspecified atom stereocenters. The maximum absolute atomic E-state index is 15.0. The van der Waals surface area contributed by atoms with Gasteiger partial charge in [0, 0.05) is 6.42 Å². The Morgan fingerprint density at radius 1 is 0.682 bits per heavy atom. The van der Waals surface area contributed by atoms with Crippen molar-refractivity contribution >= 4 is 95.4 Å². The van der Waals surface area contributed by atoms with E-state index >= 15 is 4.57 Å². The highest BCUT2D eigenvalue weighted by molar-refractivity contribution is 7.48. The lowest BCUT2D eigenvalue weighted by Crippen LogP contribution is -2.67. The van der Waals surface area contributed by atoms with Crippen LogP contribution in [0.25, 0.3) is 0 Å². The van der Waals surface area contributed by atoms with Gasteiger partial charge in [0.2, 0.25) is 16.0 Å². The summed E-state index contributed by atoms with van der Waals surface area (Å²) >= 11 is 35.8. The predicted octanol–water partition coefficient (Wildman–Crippen LogP) is 13.3. The van der Waals surface area contributed by atoms with Gasteiger partial charge in [0.1, 0.15) is 24.9 Å². The number of ether oxygens (including phenoxy) is 5. The Hall–Kier alpha value is -2.36. The highest BCUT2D eigenvalue weighted by Crippen LogP contribution is 2.54. The largest absolute Gasteiger partial charge is 0.475 e. The van der Waals surface area contributed by atoms with Crippen LogP contribution in [0.15, 0.2) is 91.0 Å². The van der Waals surface area contributed by atoms with Gasteiger partial charge in [-0.1, -0.05) is 232 Å². The third-order valence-electron chi connectivity index (χ3n) is 10.2. The van der Waals surface area contributed by atoms with Gasteiger partial charge < -0.3 is 29.0 Å². The van der Waals surface area contributed by atoms with E-state index in [2.05, 4.69) is 12.2 Å². The maximum atomic E-state index is 15.0. The van der Waals surface area contributed by atoms with Gasteiger partial charge >= 0.3 is 19.9 Å². The Morgan fingerprint density at radius 2 is 1.17 bits per heavy atom. The molecular weight excluding hydrogens is 1000 g/mol. The number of phosphoric ester groups is 1. The lowest BCUT2D eigenvalue weighted by atomic mass is 9.96. The van der Waals surface area contributed by atoms with Crippen molar-refractivity contribution in [2.75, 3.05) is 13.2 Å². The summed E-state index contributed by atoms with van der Waals surface area (Å²) in [5, 5.41) is 11.0. The molecule has 2 N–H and O–H groups in total. The first-order chi connectivity index (χ1) is 31.5. The zero-order chi connectivity index (χ0) is 47.8. The molecule has 0 aromatic heterocycles. The Balaban J connectivity index is 1.70. The number of unbranched alkanes of at least 4 members (excludes halogenated alkanes) is 10. The molecule has 3 aromatic carbocycles. The van der Waals surface area contributed by atoms with Gasteiger partial charge in [0.25, 0.3) is 3.79 Å². The molecule has 0 spiro atoms. The topological polar surface area (TPSA) is 161 Å². The fourth-order valence-electron chi connectivity index (χ4n) is 6.78. The van der Waals surface area contributed by atoms with Crippen LogP contribution in [0.4, 0.5) is 4.79 Å². The van der Waals surface area contributed by atoms with E-state index in [4.69, 9.17) is 112 Å². The molecule has 1 fully saturated rings. The van der Waals surface area contributed by atoms with Crippen LogP contribution in [-0.2, 0) is 66.4 Å². The monoisotopic (exact) mass is 1060 g/mol. The fourth-order valence-corrected chi connectivity index (χ4v) is 8.44. The van der Waals surface area contributed by atoms with Crippen LogP contribution in [-0.4, -0.2) is 69.4 Å². The Kier molecular flexibility index (Phi) is 25.2. The molecule has 1 aliphatic heterocycles. The Bertz CT molecular complexity index is 1870. The van der Waals surface area contributed by atoms with Crippen LogP contribution in [0.5, 0.6) is 0 Å². The second-order valence-corrected chi connectivity index (χ2v) is 22.0. The van der Waals surface area contributed by atoms with E-state index in [0.717, 1.165) is 31.2 Å². The first kappa shape index (κ1) is 56.2. The van der Waals surface area contributed by atoms with Crippen LogP contribution >= 0.6 is 77.4 Å². The van der Waals surface area contributed by atoms with Gasteiger partial charge in [-0.3, -0.25) is 23.8 Å². The molecule has 5 atom stereocenters. The van der Waals surface area contributed by atoms with Crippen molar-refractivity contribution in [3.63, 3.8) is 0 Å². The summed E-state index contributed by atoms with van der Waals surface area (Å²) < 4.78 is 58.6. The number of hydrogen-bond acceptors (Lipinski definition) is 12.